The zero-order valence-corrected chi connectivity index (χ0v) is 16.2. The fourth-order valence-electron chi connectivity index (χ4n) is 4.29. The van der Waals surface area contributed by atoms with E-state index in [2.05, 4.69) is 5.32 Å². The highest BCUT2D eigenvalue weighted by molar-refractivity contribution is 5.94. The molecule has 7 heteroatoms. The number of rotatable bonds is 3. The summed E-state index contributed by atoms with van der Waals surface area (Å²) in [7, 11) is 0. The summed E-state index contributed by atoms with van der Waals surface area (Å²) < 4.78 is 27.2. The second kappa shape index (κ2) is 7.55. The fraction of sp³-hybridized carbons (Fsp3) is 0.364. The van der Waals surface area contributed by atoms with Crippen molar-refractivity contribution in [1.82, 2.24) is 15.1 Å². The molecule has 5 nitrogen and oxygen atoms in total. The average Bonchev–Trinajstić information content (AvgIpc) is 2.94. The second-order valence-electron chi connectivity index (χ2n) is 7.72. The molecule has 2 aliphatic rings. The molecule has 2 fully saturated rings. The van der Waals surface area contributed by atoms with Gasteiger partial charge in [-0.25, -0.2) is 8.78 Å². The molecule has 0 bridgehead atoms. The summed E-state index contributed by atoms with van der Waals surface area (Å²) in [5.74, 6) is -1.19. The van der Waals surface area contributed by atoms with Gasteiger partial charge in [-0.2, -0.15) is 0 Å². The molecule has 0 radical (unpaired) electrons. The highest BCUT2D eigenvalue weighted by atomic mass is 19.1. The molecule has 1 unspecified atom stereocenters. The number of benzene rings is 2. The van der Waals surface area contributed by atoms with Gasteiger partial charge in [0.25, 0.3) is 5.91 Å². The van der Waals surface area contributed by atoms with E-state index in [1.807, 2.05) is 6.92 Å². The van der Waals surface area contributed by atoms with Gasteiger partial charge in [0, 0.05) is 32.5 Å². The van der Waals surface area contributed by atoms with Crippen LogP contribution in [0.25, 0.3) is 0 Å². The molecule has 4 rings (SSSR count). The van der Waals surface area contributed by atoms with Crippen LogP contribution in [-0.4, -0.2) is 46.4 Å². The van der Waals surface area contributed by atoms with E-state index >= 15 is 0 Å². The summed E-state index contributed by atoms with van der Waals surface area (Å²) >= 11 is 0. The van der Waals surface area contributed by atoms with Crippen molar-refractivity contribution in [1.29, 1.82) is 0 Å². The number of nitrogens with zero attached hydrogens (tertiary/aromatic N) is 2. The SMILES string of the molecule is CC1NC2(CCN(C(=O)c3ccccc3F)CC2)N(Cc2ccc(F)cc2)C1=O. The smallest absolute Gasteiger partial charge is 0.256 e. The Balaban J connectivity index is 1.50. The van der Waals surface area contributed by atoms with Gasteiger partial charge >= 0.3 is 0 Å². The third-order valence-corrected chi connectivity index (χ3v) is 5.87. The highest BCUT2D eigenvalue weighted by Crippen LogP contribution is 2.34. The number of carbonyl (C=O) groups is 2. The lowest BCUT2D eigenvalue weighted by molar-refractivity contribution is -0.133. The molecular formula is C22H23F2N3O2. The normalized spacial score (nSPS) is 21.1. The molecule has 0 saturated carbocycles. The predicted octanol–water partition coefficient (Wildman–Crippen LogP) is 2.92. The Bertz CT molecular complexity index is 924. The lowest BCUT2D eigenvalue weighted by atomic mass is 9.94. The molecule has 152 valence electrons. The largest absolute Gasteiger partial charge is 0.338 e. The Kier molecular flexibility index (Phi) is 5.08. The number of piperidine rings is 1. The maximum absolute atomic E-state index is 14.0. The highest BCUT2D eigenvalue weighted by Gasteiger charge is 2.50. The first-order chi connectivity index (χ1) is 13.9. The van der Waals surface area contributed by atoms with Crippen molar-refractivity contribution in [2.45, 2.75) is 38.0 Å². The van der Waals surface area contributed by atoms with Gasteiger partial charge in [-0.1, -0.05) is 24.3 Å². The van der Waals surface area contributed by atoms with E-state index in [1.54, 1.807) is 34.1 Å². The minimum absolute atomic E-state index is 0.0109. The van der Waals surface area contributed by atoms with Crippen molar-refractivity contribution in [3.8, 4) is 0 Å². The minimum atomic E-state index is -0.559. The lowest BCUT2D eigenvalue weighted by Crippen LogP contribution is -2.59. The van der Waals surface area contributed by atoms with Gasteiger partial charge in [0.15, 0.2) is 0 Å². The standard InChI is InChI=1S/C22H23F2N3O2/c1-15-20(28)27(14-16-6-8-17(23)9-7-16)22(25-15)10-12-26(13-11-22)21(29)18-4-2-3-5-19(18)24/h2-9,15,25H,10-14H2,1H3. The topological polar surface area (TPSA) is 52.7 Å². The van der Waals surface area contributed by atoms with Crippen LogP contribution >= 0.6 is 0 Å². The van der Waals surface area contributed by atoms with Crippen molar-refractivity contribution in [2.75, 3.05) is 13.1 Å². The Morgan fingerprint density at radius 3 is 2.41 bits per heavy atom. The molecule has 2 amide bonds. The maximum atomic E-state index is 14.0. The second-order valence-corrected chi connectivity index (χ2v) is 7.72. The molecule has 0 aromatic heterocycles. The molecule has 2 aromatic rings. The van der Waals surface area contributed by atoms with Gasteiger partial charge in [-0.3, -0.25) is 14.9 Å². The van der Waals surface area contributed by atoms with Crippen LogP contribution in [0.3, 0.4) is 0 Å². The third-order valence-electron chi connectivity index (χ3n) is 5.87. The molecular weight excluding hydrogens is 376 g/mol. The number of nitrogens with one attached hydrogen (secondary N) is 1. The number of halogens is 2. The van der Waals surface area contributed by atoms with Gasteiger partial charge in [-0.05, 0) is 36.8 Å². The third kappa shape index (κ3) is 3.62. The van der Waals surface area contributed by atoms with E-state index in [4.69, 9.17) is 0 Å². The Morgan fingerprint density at radius 1 is 1.10 bits per heavy atom. The van der Waals surface area contributed by atoms with Crippen LogP contribution in [-0.2, 0) is 11.3 Å². The van der Waals surface area contributed by atoms with Crippen molar-refractivity contribution in [3.05, 3.63) is 71.3 Å². The molecule has 2 aromatic carbocycles. The van der Waals surface area contributed by atoms with Crippen LogP contribution in [0.1, 0.15) is 35.7 Å². The molecule has 1 N–H and O–H groups in total. The van der Waals surface area contributed by atoms with E-state index in [-0.39, 0.29) is 29.2 Å². The monoisotopic (exact) mass is 399 g/mol. The first-order valence-corrected chi connectivity index (χ1v) is 9.77. The summed E-state index contributed by atoms with van der Waals surface area (Å²) in [5, 5.41) is 3.40. The first kappa shape index (κ1) is 19.5. The van der Waals surface area contributed by atoms with Gasteiger partial charge in [0.1, 0.15) is 11.6 Å². The number of likely N-dealkylation sites (tertiary alicyclic amines) is 1. The Labute approximate surface area is 168 Å². The van der Waals surface area contributed by atoms with Crippen LogP contribution in [0.4, 0.5) is 8.78 Å². The maximum Gasteiger partial charge on any atom is 0.256 e. The summed E-state index contributed by atoms with van der Waals surface area (Å²) in [6.45, 7) is 3.03. The van der Waals surface area contributed by atoms with E-state index < -0.39 is 11.5 Å². The van der Waals surface area contributed by atoms with Crippen molar-refractivity contribution in [2.24, 2.45) is 0 Å². The van der Waals surface area contributed by atoms with Crippen molar-refractivity contribution < 1.29 is 18.4 Å². The van der Waals surface area contributed by atoms with Crippen LogP contribution in [0.15, 0.2) is 48.5 Å². The zero-order valence-electron chi connectivity index (χ0n) is 16.2. The quantitative estimate of drug-likeness (QED) is 0.864. The summed E-state index contributed by atoms with van der Waals surface area (Å²) in [6, 6.07) is 11.8. The van der Waals surface area contributed by atoms with Gasteiger partial charge in [-0.15, -0.1) is 0 Å². The molecule has 29 heavy (non-hydrogen) atoms. The number of hydrogen-bond acceptors (Lipinski definition) is 3. The van der Waals surface area contributed by atoms with Crippen LogP contribution in [0.5, 0.6) is 0 Å². The molecule has 1 spiro atoms. The minimum Gasteiger partial charge on any atom is -0.338 e. The summed E-state index contributed by atoms with van der Waals surface area (Å²) in [4.78, 5) is 28.9. The molecule has 2 heterocycles. The average molecular weight is 399 g/mol. The summed E-state index contributed by atoms with van der Waals surface area (Å²) in [5.41, 5.74) is 0.354. The van der Waals surface area contributed by atoms with E-state index in [1.165, 1.54) is 24.3 Å². The zero-order chi connectivity index (χ0) is 20.6. The lowest BCUT2D eigenvalue weighted by Gasteiger charge is -2.44. The molecule has 2 saturated heterocycles. The van der Waals surface area contributed by atoms with Crippen LogP contribution in [0.2, 0.25) is 0 Å². The number of amides is 2. The number of hydrogen-bond donors (Lipinski definition) is 1. The molecule has 2 aliphatic heterocycles. The number of carbonyl (C=O) groups excluding carboxylic acids is 2. The Morgan fingerprint density at radius 2 is 1.76 bits per heavy atom. The Hall–Kier alpha value is -2.80. The van der Waals surface area contributed by atoms with E-state index in [0.717, 1.165) is 5.56 Å². The van der Waals surface area contributed by atoms with Gasteiger partial charge in [0.05, 0.1) is 17.3 Å². The van der Waals surface area contributed by atoms with E-state index in [0.29, 0.717) is 32.5 Å². The van der Waals surface area contributed by atoms with Crippen molar-refractivity contribution >= 4 is 11.8 Å². The fourth-order valence-corrected chi connectivity index (χ4v) is 4.29. The predicted molar refractivity (Wildman–Crippen MR) is 104 cm³/mol. The van der Waals surface area contributed by atoms with E-state index in [9.17, 15) is 18.4 Å². The molecule has 1 atom stereocenters. The molecule has 0 aliphatic carbocycles. The van der Waals surface area contributed by atoms with Crippen LogP contribution < -0.4 is 5.32 Å². The first-order valence-electron chi connectivity index (χ1n) is 9.77. The van der Waals surface area contributed by atoms with Crippen molar-refractivity contribution in [3.63, 3.8) is 0 Å². The van der Waals surface area contributed by atoms with Gasteiger partial charge < -0.3 is 9.80 Å². The van der Waals surface area contributed by atoms with Crippen LogP contribution in [0, 0.1) is 11.6 Å². The summed E-state index contributed by atoms with van der Waals surface area (Å²) in [6.07, 6.45) is 1.09. The van der Waals surface area contributed by atoms with Gasteiger partial charge in [0.2, 0.25) is 5.91 Å².